The molecule has 8 heteroatoms. The number of carbonyl (C=O) groups is 2. The summed E-state index contributed by atoms with van der Waals surface area (Å²) in [5.74, 6) is -1.31. The zero-order chi connectivity index (χ0) is 19.4. The standard InChI is InChI=1S/C19H14Cl2N2O4/c20-13-6-11-5-12(19(25)26)7-16(18(11)15(21)8-13)27-10-17(24)23-9-14-3-1-2-4-22-14/h1-8H,9-10H2,(H,23,24)(H,25,26). The molecule has 6 nitrogen and oxygen atoms in total. The lowest BCUT2D eigenvalue weighted by molar-refractivity contribution is -0.123. The molecular formula is C19H14Cl2N2O4. The Kier molecular flexibility index (Phi) is 5.78. The molecule has 1 amide bonds. The molecule has 0 aliphatic carbocycles. The van der Waals surface area contributed by atoms with Crippen molar-refractivity contribution in [2.75, 3.05) is 6.61 Å². The number of fused-ring (bicyclic) bond motifs is 1. The van der Waals surface area contributed by atoms with E-state index in [0.29, 0.717) is 26.5 Å². The molecule has 0 bridgehead atoms. The summed E-state index contributed by atoms with van der Waals surface area (Å²) in [6.45, 7) is -0.0424. The van der Waals surface area contributed by atoms with E-state index in [1.54, 1.807) is 24.4 Å². The van der Waals surface area contributed by atoms with Crippen molar-refractivity contribution in [3.05, 3.63) is 70.0 Å². The Morgan fingerprint density at radius 3 is 2.67 bits per heavy atom. The van der Waals surface area contributed by atoms with Gasteiger partial charge >= 0.3 is 5.97 Å². The zero-order valence-corrected chi connectivity index (χ0v) is 15.4. The minimum absolute atomic E-state index is 0.00438. The summed E-state index contributed by atoms with van der Waals surface area (Å²) in [6.07, 6.45) is 1.63. The SMILES string of the molecule is O=C(COc1cc(C(=O)O)cc2cc(Cl)cc(Cl)c12)NCc1ccccn1. The van der Waals surface area contributed by atoms with Crippen LogP contribution in [-0.4, -0.2) is 28.6 Å². The Bertz CT molecular complexity index is 1010. The number of nitrogens with one attached hydrogen (secondary N) is 1. The highest BCUT2D eigenvalue weighted by atomic mass is 35.5. The summed E-state index contributed by atoms with van der Waals surface area (Å²) < 4.78 is 5.56. The van der Waals surface area contributed by atoms with Gasteiger partial charge in [0, 0.05) is 16.6 Å². The molecule has 0 saturated heterocycles. The number of aromatic carboxylic acids is 1. The number of rotatable bonds is 6. The first kappa shape index (κ1) is 18.9. The van der Waals surface area contributed by atoms with Crippen LogP contribution in [0.5, 0.6) is 5.75 Å². The summed E-state index contributed by atoms with van der Waals surface area (Å²) >= 11 is 12.2. The van der Waals surface area contributed by atoms with Gasteiger partial charge in [-0.2, -0.15) is 0 Å². The summed E-state index contributed by atoms with van der Waals surface area (Å²) in [5.41, 5.74) is 0.714. The molecule has 1 heterocycles. The first-order valence-electron chi connectivity index (χ1n) is 7.89. The van der Waals surface area contributed by atoms with Crippen molar-refractivity contribution >= 4 is 45.9 Å². The molecule has 2 N–H and O–H groups in total. The van der Waals surface area contributed by atoms with Gasteiger partial charge in [0.1, 0.15) is 5.75 Å². The maximum atomic E-state index is 12.0. The zero-order valence-electron chi connectivity index (χ0n) is 13.9. The van der Waals surface area contributed by atoms with Gasteiger partial charge in [-0.1, -0.05) is 29.3 Å². The maximum Gasteiger partial charge on any atom is 0.335 e. The van der Waals surface area contributed by atoms with E-state index < -0.39 is 5.97 Å². The monoisotopic (exact) mass is 404 g/mol. The van der Waals surface area contributed by atoms with Crippen molar-refractivity contribution in [2.45, 2.75) is 6.54 Å². The fraction of sp³-hybridized carbons (Fsp3) is 0.105. The lowest BCUT2D eigenvalue weighted by atomic mass is 10.1. The highest BCUT2D eigenvalue weighted by molar-refractivity contribution is 6.39. The van der Waals surface area contributed by atoms with Crippen LogP contribution in [0.4, 0.5) is 0 Å². The Morgan fingerprint density at radius 1 is 1.15 bits per heavy atom. The molecule has 0 spiro atoms. The fourth-order valence-electron chi connectivity index (χ4n) is 2.51. The third-order valence-corrected chi connectivity index (χ3v) is 4.24. The van der Waals surface area contributed by atoms with Crippen molar-refractivity contribution in [3.8, 4) is 5.75 Å². The van der Waals surface area contributed by atoms with Crippen LogP contribution in [0.1, 0.15) is 16.1 Å². The molecule has 3 rings (SSSR count). The summed E-state index contributed by atoms with van der Waals surface area (Å²) in [7, 11) is 0. The van der Waals surface area contributed by atoms with Gasteiger partial charge in [0.05, 0.1) is 22.8 Å². The van der Waals surface area contributed by atoms with Crippen molar-refractivity contribution < 1.29 is 19.4 Å². The third-order valence-electron chi connectivity index (χ3n) is 3.73. The molecule has 3 aromatic rings. The number of halogens is 2. The lowest BCUT2D eigenvalue weighted by Gasteiger charge is -2.12. The Balaban J connectivity index is 1.79. The van der Waals surface area contributed by atoms with Crippen molar-refractivity contribution in [2.24, 2.45) is 0 Å². The van der Waals surface area contributed by atoms with E-state index in [1.165, 1.54) is 18.2 Å². The van der Waals surface area contributed by atoms with Crippen LogP contribution in [0.3, 0.4) is 0 Å². The van der Waals surface area contributed by atoms with E-state index in [0.717, 1.165) is 0 Å². The van der Waals surface area contributed by atoms with Crippen LogP contribution >= 0.6 is 23.2 Å². The van der Waals surface area contributed by atoms with Gasteiger partial charge in [0.2, 0.25) is 0 Å². The fourth-order valence-corrected chi connectivity index (χ4v) is 3.12. The number of ether oxygens (including phenoxy) is 1. The molecular weight excluding hydrogens is 391 g/mol. The van der Waals surface area contributed by atoms with E-state index in [4.69, 9.17) is 27.9 Å². The lowest BCUT2D eigenvalue weighted by Crippen LogP contribution is -2.28. The number of carboxylic acids is 1. The van der Waals surface area contributed by atoms with E-state index >= 15 is 0 Å². The van der Waals surface area contributed by atoms with Gasteiger partial charge < -0.3 is 15.2 Å². The number of pyridine rings is 1. The van der Waals surface area contributed by atoms with Crippen LogP contribution < -0.4 is 10.1 Å². The molecule has 0 atom stereocenters. The number of benzene rings is 2. The second-order valence-electron chi connectivity index (χ2n) is 5.65. The molecule has 138 valence electrons. The van der Waals surface area contributed by atoms with Gasteiger partial charge in [-0.25, -0.2) is 4.79 Å². The van der Waals surface area contributed by atoms with E-state index in [2.05, 4.69) is 10.3 Å². The van der Waals surface area contributed by atoms with Crippen LogP contribution in [0.25, 0.3) is 10.8 Å². The topological polar surface area (TPSA) is 88.5 Å². The minimum Gasteiger partial charge on any atom is -0.483 e. The van der Waals surface area contributed by atoms with E-state index in [9.17, 15) is 14.7 Å². The van der Waals surface area contributed by atoms with Gasteiger partial charge in [-0.3, -0.25) is 9.78 Å². The first-order valence-corrected chi connectivity index (χ1v) is 8.65. The smallest absolute Gasteiger partial charge is 0.335 e. The number of hydrogen-bond donors (Lipinski definition) is 2. The quantitative estimate of drug-likeness (QED) is 0.649. The van der Waals surface area contributed by atoms with Crippen molar-refractivity contribution in [1.82, 2.24) is 10.3 Å². The predicted octanol–water partition coefficient (Wildman–Crippen LogP) is 3.94. The minimum atomic E-state index is -1.13. The van der Waals surface area contributed by atoms with Crippen molar-refractivity contribution in [1.29, 1.82) is 0 Å². The number of carboxylic acid groups (broad SMARTS) is 1. The molecule has 1 aromatic heterocycles. The second-order valence-corrected chi connectivity index (χ2v) is 6.50. The summed E-state index contributed by atoms with van der Waals surface area (Å²) in [4.78, 5) is 27.5. The number of amides is 1. The highest BCUT2D eigenvalue weighted by Gasteiger charge is 2.15. The third kappa shape index (κ3) is 4.67. The molecule has 0 radical (unpaired) electrons. The van der Waals surface area contributed by atoms with Gasteiger partial charge in [-0.15, -0.1) is 0 Å². The summed E-state index contributed by atoms with van der Waals surface area (Å²) in [5, 5.41) is 13.6. The van der Waals surface area contributed by atoms with Gasteiger partial charge in [0.25, 0.3) is 5.91 Å². The Labute approximate surface area is 164 Å². The average molecular weight is 405 g/mol. The van der Waals surface area contributed by atoms with E-state index in [-0.39, 0.29) is 30.4 Å². The average Bonchev–Trinajstić information content (AvgIpc) is 2.64. The van der Waals surface area contributed by atoms with Crippen LogP contribution in [0.2, 0.25) is 10.0 Å². The molecule has 0 aliphatic rings. The normalized spacial score (nSPS) is 10.6. The number of carbonyl (C=O) groups excluding carboxylic acids is 1. The van der Waals surface area contributed by atoms with Crippen LogP contribution in [0, 0.1) is 0 Å². The van der Waals surface area contributed by atoms with Crippen LogP contribution in [0.15, 0.2) is 48.7 Å². The largest absolute Gasteiger partial charge is 0.483 e. The maximum absolute atomic E-state index is 12.0. The molecule has 2 aromatic carbocycles. The van der Waals surface area contributed by atoms with Gasteiger partial charge in [-0.05, 0) is 41.8 Å². The Hall–Kier alpha value is -2.83. The molecule has 0 saturated carbocycles. The first-order chi connectivity index (χ1) is 12.9. The molecule has 27 heavy (non-hydrogen) atoms. The highest BCUT2D eigenvalue weighted by Crippen LogP contribution is 2.36. The van der Waals surface area contributed by atoms with Crippen LogP contribution in [-0.2, 0) is 11.3 Å². The Morgan fingerprint density at radius 2 is 1.96 bits per heavy atom. The van der Waals surface area contributed by atoms with Gasteiger partial charge in [0.15, 0.2) is 6.61 Å². The predicted molar refractivity (Wildman–Crippen MR) is 103 cm³/mol. The summed E-state index contributed by atoms with van der Waals surface area (Å²) in [6, 6.07) is 11.3. The second kappa shape index (κ2) is 8.24. The van der Waals surface area contributed by atoms with E-state index in [1.807, 2.05) is 6.07 Å². The number of hydrogen-bond acceptors (Lipinski definition) is 4. The number of nitrogens with zero attached hydrogens (tertiary/aromatic N) is 1. The molecule has 0 unspecified atom stereocenters. The van der Waals surface area contributed by atoms with Crippen molar-refractivity contribution in [3.63, 3.8) is 0 Å². The number of aromatic nitrogens is 1. The molecule has 0 fully saturated rings. The molecule has 0 aliphatic heterocycles.